The van der Waals surface area contributed by atoms with E-state index in [9.17, 15) is 66.1 Å². The van der Waals surface area contributed by atoms with Gasteiger partial charge in [0.25, 0.3) is 0 Å². The molecule has 7 fully saturated rings. The van der Waals surface area contributed by atoms with Crippen LogP contribution in [0.25, 0.3) is 0 Å². The molecule has 12 N–H and O–H groups in total. The molecule has 0 radical (unpaired) electrons. The van der Waals surface area contributed by atoms with E-state index < -0.39 is 157 Å². The molecule has 8 unspecified atom stereocenters. The van der Waals surface area contributed by atoms with Gasteiger partial charge in [-0.1, -0.05) is 32.0 Å². The second-order valence-corrected chi connectivity index (χ2v) is 20.7. The van der Waals surface area contributed by atoms with Gasteiger partial charge < -0.3 is 94.4 Å². The summed E-state index contributed by atoms with van der Waals surface area (Å²) in [6.45, 7) is 5.61. The number of fused-ring (bicyclic) bond motifs is 5. The number of esters is 1. The number of hydrogen-bond acceptors (Lipinski definition) is 20. The molecule has 8 rings (SSSR count). The molecule has 3 aliphatic heterocycles. The summed E-state index contributed by atoms with van der Waals surface area (Å²) in [6, 6.07) is 8.56. The van der Waals surface area contributed by atoms with Crippen molar-refractivity contribution in [2.24, 2.45) is 28.6 Å². The van der Waals surface area contributed by atoms with Gasteiger partial charge in [-0.2, -0.15) is 0 Å². The molecule has 20 heteroatoms. The zero-order valence-electron chi connectivity index (χ0n) is 37.8. The maximum atomic E-state index is 13.1. The largest absolute Gasteiger partial charge is 0.459 e. The number of carbonyl (C=O) groups is 1. The molecular formula is C46H70O20. The number of carbonyl (C=O) groups excluding carboxylic acids is 1. The van der Waals surface area contributed by atoms with Gasteiger partial charge in [0.15, 0.2) is 18.7 Å². The van der Waals surface area contributed by atoms with Crippen molar-refractivity contribution in [3.05, 3.63) is 35.9 Å². The average molecular weight is 943 g/mol. The third kappa shape index (κ3) is 8.16. The molecule has 7 aliphatic rings. The Morgan fingerprint density at radius 2 is 1.52 bits per heavy atom. The van der Waals surface area contributed by atoms with Crippen molar-refractivity contribution in [1.82, 2.24) is 0 Å². The lowest BCUT2D eigenvalue weighted by molar-refractivity contribution is -0.478. The monoisotopic (exact) mass is 942 g/mol. The number of ether oxygens (including phenoxy) is 7. The molecule has 66 heavy (non-hydrogen) atoms. The van der Waals surface area contributed by atoms with Gasteiger partial charge in [0.2, 0.25) is 0 Å². The summed E-state index contributed by atoms with van der Waals surface area (Å²) in [6.07, 6.45) is -21.1. The van der Waals surface area contributed by atoms with Gasteiger partial charge in [0.1, 0.15) is 60.5 Å². The summed E-state index contributed by atoms with van der Waals surface area (Å²) in [5.74, 6) is -4.23. The standard InChI is InChI=1S/C46H70O20/c1-21(62-40(57)23-8-6-5-7-9-23)26-17-31(49)45(59)43(26,4)14-12-30-42(3)13-11-25(16-24(42)10-15-44(30,45)58)65-46(39(56)36(54)33(51)28(19-47)66-46)60-20-29-34(52)35(53)37(55)41(63-29)64-38-22(2)61-32(50)18-27(38)48/h5-9,21-22,24-39,41,47-56,58-59H,10-20H2,1-4H3/t21?,22?,24?,25-,26+,27+,28?,29?,30?,31+,32+,33+,34+,35-,36-,37?,38+,39?,41+,42-,43+,44-,45+,46-/m0/s1. The SMILES string of the molecule is CC1O[C@@H](O)C[C@@H](O)[C@@H]1O[C@H]1OC(CO[C@@]2(O[C@H]3CC[C@@]4(C)C(CC[C@]5(O)C4CC[C@]4(C)[C@@H](C(C)OC(=O)c6ccccc6)C[C@@H](O)[C@]54O)C3)OC(CO)[C@@H](O)[C@H](O)C2O)[C@@H](O)[C@H](O)C1O. The highest BCUT2D eigenvalue weighted by Gasteiger charge is 2.77. The predicted molar refractivity (Wildman–Crippen MR) is 223 cm³/mol. The Balaban J connectivity index is 0.986. The van der Waals surface area contributed by atoms with Crippen LogP contribution in [0.4, 0.5) is 0 Å². The second kappa shape index (κ2) is 18.6. The first-order chi connectivity index (χ1) is 31.0. The minimum absolute atomic E-state index is 0.111. The van der Waals surface area contributed by atoms with E-state index in [1.54, 1.807) is 37.3 Å². The van der Waals surface area contributed by atoms with Crippen molar-refractivity contribution in [1.29, 1.82) is 0 Å². The average Bonchev–Trinajstić information content (AvgIpc) is 3.50. The molecule has 3 saturated heterocycles. The van der Waals surface area contributed by atoms with Crippen molar-refractivity contribution in [3.63, 3.8) is 0 Å². The minimum atomic E-state index is -2.61. The lowest BCUT2D eigenvalue weighted by Crippen LogP contribution is -2.76. The minimum Gasteiger partial charge on any atom is -0.459 e. The highest BCUT2D eigenvalue weighted by Crippen LogP contribution is 2.71. The van der Waals surface area contributed by atoms with Crippen molar-refractivity contribution in [3.8, 4) is 0 Å². The number of hydrogen-bond donors (Lipinski definition) is 12. The molecule has 0 aromatic heterocycles. The Bertz CT molecular complexity index is 1830. The topological polar surface area (TPSA) is 324 Å². The van der Waals surface area contributed by atoms with Crippen LogP contribution in [-0.4, -0.2) is 196 Å². The van der Waals surface area contributed by atoms with E-state index in [0.29, 0.717) is 37.7 Å². The highest BCUT2D eigenvalue weighted by atomic mass is 16.9. The fourth-order valence-electron chi connectivity index (χ4n) is 13.4. The molecule has 0 amide bonds. The Hall–Kier alpha value is -2.03. The van der Waals surface area contributed by atoms with Crippen LogP contribution in [0, 0.1) is 28.6 Å². The van der Waals surface area contributed by atoms with Gasteiger partial charge in [0, 0.05) is 17.8 Å². The van der Waals surface area contributed by atoms with Gasteiger partial charge in [-0.25, -0.2) is 4.79 Å². The van der Waals surface area contributed by atoms with Gasteiger partial charge in [-0.05, 0) is 94.6 Å². The van der Waals surface area contributed by atoms with Gasteiger partial charge in [-0.15, -0.1) is 0 Å². The van der Waals surface area contributed by atoms with E-state index in [-0.39, 0.29) is 31.6 Å². The van der Waals surface area contributed by atoms with Crippen molar-refractivity contribution in [2.75, 3.05) is 13.2 Å². The smallest absolute Gasteiger partial charge is 0.338 e. The molecule has 24 atom stereocenters. The Morgan fingerprint density at radius 1 is 0.818 bits per heavy atom. The van der Waals surface area contributed by atoms with Gasteiger partial charge >= 0.3 is 11.9 Å². The number of aliphatic hydroxyl groups is 12. The Labute approximate surface area is 382 Å². The number of benzene rings is 1. The fraction of sp³-hybridized carbons (Fsp3) is 0.848. The maximum absolute atomic E-state index is 13.1. The second-order valence-electron chi connectivity index (χ2n) is 20.7. The van der Waals surface area contributed by atoms with Crippen LogP contribution in [0.1, 0.15) is 95.8 Å². The molecule has 1 aromatic carbocycles. The zero-order chi connectivity index (χ0) is 47.9. The van der Waals surface area contributed by atoms with Crippen LogP contribution >= 0.6 is 0 Å². The van der Waals surface area contributed by atoms with Crippen LogP contribution in [0.15, 0.2) is 30.3 Å². The molecule has 1 aromatic rings. The molecule has 4 aliphatic carbocycles. The zero-order valence-corrected chi connectivity index (χ0v) is 37.8. The fourth-order valence-corrected chi connectivity index (χ4v) is 13.4. The summed E-state index contributed by atoms with van der Waals surface area (Å²) in [5, 5.41) is 134. The van der Waals surface area contributed by atoms with Crippen LogP contribution in [0.5, 0.6) is 0 Å². The molecule has 4 saturated carbocycles. The van der Waals surface area contributed by atoms with Crippen molar-refractivity contribution in [2.45, 2.75) is 201 Å². The molecule has 0 spiro atoms. The van der Waals surface area contributed by atoms with Crippen molar-refractivity contribution < 1.29 is 99.2 Å². The van der Waals surface area contributed by atoms with Crippen LogP contribution in [0.2, 0.25) is 0 Å². The van der Waals surface area contributed by atoms with Gasteiger partial charge in [-0.3, -0.25) is 0 Å². The Kier molecular flexibility index (Phi) is 14.2. The molecule has 0 bridgehead atoms. The molecular weight excluding hydrogens is 872 g/mol. The van der Waals surface area contributed by atoms with E-state index in [1.165, 1.54) is 6.92 Å². The van der Waals surface area contributed by atoms with E-state index in [1.807, 2.05) is 6.92 Å². The third-order valence-corrected chi connectivity index (χ3v) is 17.2. The normalized spacial score (nSPS) is 52.1. The predicted octanol–water partition coefficient (Wildman–Crippen LogP) is -1.70. The number of rotatable bonds is 11. The van der Waals surface area contributed by atoms with Crippen LogP contribution in [0.3, 0.4) is 0 Å². The molecule has 374 valence electrons. The molecule has 3 heterocycles. The third-order valence-electron chi connectivity index (χ3n) is 17.2. The van der Waals surface area contributed by atoms with E-state index >= 15 is 0 Å². The lowest BCUT2D eigenvalue weighted by atomic mass is 9.41. The summed E-state index contributed by atoms with van der Waals surface area (Å²) < 4.78 is 41.5. The van der Waals surface area contributed by atoms with Crippen molar-refractivity contribution >= 4 is 5.97 Å². The summed E-state index contributed by atoms with van der Waals surface area (Å²) in [4.78, 5) is 13.1. The lowest BCUT2D eigenvalue weighted by Gasteiger charge is -2.68. The summed E-state index contributed by atoms with van der Waals surface area (Å²) in [5.41, 5.74) is -4.91. The highest BCUT2D eigenvalue weighted by molar-refractivity contribution is 5.89. The van der Waals surface area contributed by atoms with Gasteiger partial charge in [0.05, 0.1) is 48.8 Å². The van der Waals surface area contributed by atoms with E-state index in [4.69, 9.17) is 33.2 Å². The first kappa shape index (κ1) is 50.4. The molecule has 20 nitrogen and oxygen atoms in total. The summed E-state index contributed by atoms with van der Waals surface area (Å²) >= 11 is 0. The van der Waals surface area contributed by atoms with Crippen LogP contribution in [-0.2, 0) is 33.2 Å². The first-order valence-corrected chi connectivity index (χ1v) is 23.5. The summed E-state index contributed by atoms with van der Waals surface area (Å²) in [7, 11) is 0. The first-order valence-electron chi connectivity index (χ1n) is 23.5. The quantitative estimate of drug-likeness (QED) is 0.0669. The van der Waals surface area contributed by atoms with E-state index in [0.717, 1.165) is 0 Å². The Morgan fingerprint density at radius 3 is 2.20 bits per heavy atom. The van der Waals surface area contributed by atoms with Crippen LogP contribution < -0.4 is 0 Å². The number of aliphatic hydroxyl groups excluding tert-OH is 10. The maximum Gasteiger partial charge on any atom is 0.338 e. The van der Waals surface area contributed by atoms with E-state index in [2.05, 4.69) is 6.92 Å².